The fourth-order valence-electron chi connectivity index (χ4n) is 9.66. The highest BCUT2D eigenvalue weighted by atomic mass is 16.3. The van der Waals surface area contributed by atoms with Crippen molar-refractivity contribution in [3.8, 4) is 5.75 Å². The van der Waals surface area contributed by atoms with Crippen LogP contribution in [0.2, 0.25) is 0 Å². The van der Waals surface area contributed by atoms with Crippen molar-refractivity contribution in [1.29, 1.82) is 0 Å². The van der Waals surface area contributed by atoms with E-state index < -0.39 is 51.0 Å². The highest BCUT2D eigenvalue weighted by molar-refractivity contribution is 6.25. The molecule has 0 radical (unpaired) electrons. The van der Waals surface area contributed by atoms with Gasteiger partial charge < -0.3 is 20.4 Å². The van der Waals surface area contributed by atoms with Gasteiger partial charge in [-0.25, -0.2) is 0 Å². The molecule has 0 aliphatic heterocycles. The van der Waals surface area contributed by atoms with Gasteiger partial charge in [-0.3, -0.25) is 14.4 Å². The third-order valence-electron chi connectivity index (χ3n) is 11.4. The number of aliphatic hydroxyl groups excluding tert-OH is 2. The fourth-order valence-corrected chi connectivity index (χ4v) is 9.66. The average Bonchev–Trinajstić information content (AvgIpc) is 3.34. The van der Waals surface area contributed by atoms with Gasteiger partial charge in [0.05, 0.1) is 5.56 Å². The van der Waals surface area contributed by atoms with Crippen LogP contribution in [0.5, 0.6) is 5.75 Å². The van der Waals surface area contributed by atoms with E-state index in [1.807, 2.05) is 39.0 Å². The first-order valence-electron chi connectivity index (χ1n) is 16.1. The van der Waals surface area contributed by atoms with Gasteiger partial charge >= 0.3 is 0 Å². The SMILES string of the molecule is CC(=O)C1=C(O)C(C(C)C)[C@@]2(C)C[C@@]3(C)Cc4c(C(C)C)cc(CC5Cc6ccccc6C5)c(O)c4C(=O)C3=C(O)[C@@]2(O)C1=O. The van der Waals surface area contributed by atoms with E-state index >= 15 is 0 Å². The third-order valence-corrected chi connectivity index (χ3v) is 11.4. The highest BCUT2D eigenvalue weighted by Crippen LogP contribution is 2.65. The summed E-state index contributed by atoms with van der Waals surface area (Å²) in [6.45, 7) is 12.4. The number of aromatic hydroxyl groups is 1. The van der Waals surface area contributed by atoms with E-state index in [0.29, 0.717) is 24.0 Å². The number of allylic oxidation sites excluding steroid dienone is 2. The molecule has 0 heterocycles. The molecule has 7 nitrogen and oxygen atoms in total. The summed E-state index contributed by atoms with van der Waals surface area (Å²) in [5, 5.41) is 47.4. The molecule has 45 heavy (non-hydrogen) atoms. The maximum atomic E-state index is 14.6. The van der Waals surface area contributed by atoms with Crippen molar-refractivity contribution in [3.05, 3.63) is 86.4 Å². The summed E-state index contributed by atoms with van der Waals surface area (Å²) in [6.07, 6.45) is 2.71. The van der Waals surface area contributed by atoms with E-state index in [-0.39, 0.29) is 46.8 Å². The minimum Gasteiger partial charge on any atom is -0.511 e. The Labute approximate surface area is 264 Å². The molecular formula is C38H44O7. The number of phenols is 1. The molecule has 0 aromatic heterocycles. The van der Waals surface area contributed by atoms with Gasteiger partial charge in [0, 0.05) is 22.3 Å². The molecule has 1 unspecified atom stereocenters. The van der Waals surface area contributed by atoms with Crippen LogP contribution in [0.4, 0.5) is 0 Å². The number of fused-ring (bicyclic) bond motifs is 4. The zero-order valence-electron chi connectivity index (χ0n) is 27.2. The first-order chi connectivity index (χ1) is 21.0. The Morgan fingerprint density at radius 3 is 2.13 bits per heavy atom. The Bertz CT molecular complexity index is 1720. The van der Waals surface area contributed by atoms with E-state index in [1.54, 1.807) is 6.92 Å². The first kappa shape index (κ1) is 31.3. The predicted octanol–water partition coefficient (Wildman–Crippen LogP) is 6.43. The summed E-state index contributed by atoms with van der Waals surface area (Å²) in [4.78, 5) is 41.2. The van der Waals surface area contributed by atoms with Crippen LogP contribution in [-0.4, -0.2) is 43.4 Å². The lowest BCUT2D eigenvalue weighted by Crippen LogP contribution is -2.67. The lowest BCUT2D eigenvalue weighted by Gasteiger charge is -2.59. The highest BCUT2D eigenvalue weighted by Gasteiger charge is 2.71. The standard InChI is InChI=1S/C38H44O7/c1-18(2)25-15-24(14-21-12-22-10-8-9-11-23(22)13-21)31(40)28-26(25)16-36(6)17-37(7)29(19(3)4)32(41)27(20(5)39)34(43)38(37,45)35(44)30(36)33(28)42/h8-11,15,18-19,21,29,40-41,44-45H,12-14,16-17H2,1-7H3/t29?,36-,37-,38+/m1/s1. The third kappa shape index (κ3) is 4.15. The van der Waals surface area contributed by atoms with Gasteiger partial charge in [0.15, 0.2) is 17.2 Å². The smallest absolute Gasteiger partial charge is 0.209 e. The number of aliphatic hydroxyl groups is 3. The molecule has 238 valence electrons. The van der Waals surface area contributed by atoms with Crippen LogP contribution >= 0.6 is 0 Å². The molecule has 0 bridgehead atoms. The first-order valence-corrected chi connectivity index (χ1v) is 16.1. The van der Waals surface area contributed by atoms with Gasteiger partial charge in [-0.2, -0.15) is 0 Å². The fraction of sp³-hybridized carbons (Fsp3) is 0.500. The largest absolute Gasteiger partial charge is 0.511 e. The average molecular weight is 613 g/mol. The maximum Gasteiger partial charge on any atom is 0.209 e. The predicted molar refractivity (Wildman–Crippen MR) is 170 cm³/mol. The van der Waals surface area contributed by atoms with Crippen LogP contribution in [0.1, 0.15) is 99.0 Å². The summed E-state index contributed by atoms with van der Waals surface area (Å²) in [5.41, 5.74) is -0.665. The van der Waals surface area contributed by atoms with E-state index in [0.717, 1.165) is 25.3 Å². The van der Waals surface area contributed by atoms with Crippen LogP contribution in [0, 0.1) is 28.6 Å². The summed E-state index contributed by atoms with van der Waals surface area (Å²) in [7, 11) is 0. The van der Waals surface area contributed by atoms with Crippen molar-refractivity contribution in [2.45, 2.75) is 92.1 Å². The summed E-state index contributed by atoms with van der Waals surface area (Å²) < 4.78 is 0. The van der Waals surface area contributed by atoms with Crippen molar-refractivity contribution in [1.82, 2.24) is 0 Å². The van der Waals surface area contributed by atoms with Gasteiger partial charge in [0.25, 0.3) is 0 Å². The van der Waals surface area contributed by atoms with E-state index in [9.17, 15) is 34.8 Å². The Morgan fingerprint density at radius 2 is 1.60 bits per heavy atom. The molecule has 6 rings (SSSR count). The molecule has 0 fully saturated rings. The zero-order chi connectivity index (χ0) is 33.0. The monoisotopic (exact) mass is 612 g/mol. The van der Waals surface area contributed by atoms with Crippen LogP contribution in [0.25, 0.3) is 0 Å². The van der Waals surface area contributed by atoms with E-state index in [4.69, 9.17) is 0 Å². The van der Waals surface area contributed by atoms with Crippen molar-refractivity contribution in [2.24, 2.45) is 28.6 Å². The second-order valence-corrected chi connectivity index (χ2v) is 15.2. The Morgan fingerprint density at radius 1 is 1.00 bits per heavy atom. The van der Waals surface area contributed by atoms with Gasteiger partial charge in [0.1, 0.15) is 22.8 Å². The summed E-state index contributed by atoms with van der Waals surface area (Å²) in [6, 6.07) is 10.4. The van der Waals surface area contributed by atoms with Crippen LogP contribution < -0.4 is 0 Å². The van der Waals surface area contributed by atoms with Crippen molar-refractivity contribution < 1.29 is 34.8 Å². The Balaban J connectivity index is 1.53. The molecule has 0 spiro atoms. The number of ketones is 3. The number of phenolic OH excluding ortho intramolecular Hbond substituents is 1. The number of hydrogen-bond donors (Lipinski definition) is 4. The Kier molecular flexibility index (Phi) is 7.05. The number of carbonyl (C=O) groups excluding carboxylic acids is 3. The van der Waals surface area contributed by atoms with Crippen LogP contribution in [-0.2, 0) is 35.3 Å². The molecule has 7 heteroatoms. The number of benzene rings is 2. The minimum atomic E-state index is -2.61. The molecule has 4 aliphatic rings. The van der Waals surface area contributed by atoms with Gasteiger partial charge in [-0.1, -0.05) is 71.9 Å². The number of rotatable bonds is 5. The molecule has 0 saturated carbocycles. The topological polar surface area (TPSA) is 132 Å². The number of carbonyl (C=O) groups is 3. The molecule has 0 saturated heterocycles. The molecule has 4 aliphatic carbocycles. The van der Waals surface area contributed by atoms with Crippen molar-refractivity contribution in [2.75, 3.05) is 0 Å². The van der Waals surface area contributed by atoms with Gasteiger partial charge in [0.2, 0.25) is 5.78 Å². The molecule has 2 aromatic rings. The quantitative estimate of drug-likeness (QED) is 0.286. The zero-order valence-corrected chi connectivity index (χ0v) is 27.2. The number of Topliss-reactive ketones (excluding diaryl/α,β-unsaturated/α-hetero) is 3. The van der Waals surface area contributed by atoms with Gasteiger partial charge in [-0.05, 0) is 84.6 Å². The van der Waals surface area contributed by atoms with Crippen LogP contribution in [0.3, 0.4) is 0 Å². The summed E-state index contributed by atoms with van der Waals surface area (Å²) >= 11 is 0. The molecular weight excluding hydrogens is 568 g/mol. The van der Waals surface area contributed by atoms with Crippen molar-refractivity contribution in [3.63, 3.8) is 0 Å². The molecule has 4 N–H and O–H groups in total. The molecule has 4 atom stereocenters. The summed E-state index contributed by atoms with van der Waals surface area (Å²) in [5.74, 6) is -4.56. The lowest BCUT2D eigenvalue weighted by atomic mass is 9.44. The second-order valence-electron chi connectivity index (χ2n) is 15.2. The van der Waals surface area contributed by atoms with Gasteiger partial charge in [-0.15, -0.1) is 0 Å². The lowest BCUT2D eigenvalue weighted by molar-refractivity contribution is -0.171. The second kappa shape index (κ2) is 10.1. The number of hydrogen-bond acceptors (Lipinski definition) is 7. The maximum absolute atomic E-state index is 14.6. The minimum absolute atomic E-state index is 0.0373. The van der Waals surface area contributed by atoms with E-state index in [1.165, 1.54) is 11.1 Å². The van der Waals surface area contributed by atoms with Crippen molar-refractivity contribution >= 4 is 17.3 Å². The molecule has 2 aromatic carbocycles. The Hall–Kier alpha value is -3.71. The molecule has 0 amide bonds. The van der Waals surface area contributed by atoms with Crippen LogP contribution in [0.15, 0.2) is 53.0 Å². The van der Waals surface area contributed by atoms with E-state index in [2.05, 4.69) is 26.0 Å². The normalized spacial score (nSPS) is 29.7.